The molecule has 23 heavy (non-hydrogen) atoms. The molecular weight excluding hydrogens is 324 g/mol. The maximum atomic E-state index is 13.8. The van der Waals surface area contributed by atoms with E-state index in [2.05, 4.69) is 10.3 Å². The topological polar surface area (TPSA) is 45.2 Å². The number of benzene rings is 1. The van der Waals surface area contributed by atoms with Crippen molar-refractivity contribution in [1.82, 2.24) is 10.3 Å². The van der Waals surface area contributed by atoms with Crippen LogP contribution in [0.15, 0.2) is 36.5 Å². The average molecular weight is 338 g/mol. The van der Waals surface area contributed by atoms with Gasteiger partial charge < -0.3 is 10.2 Å². The highest BCUT2D eigenvalue weighted by Gasteiger charge is 2.26. The van der Waals surface area contributed by atoms with Crippen LogP contribution in [-0.4, -0.2) is 30.0 Å². The zero-order valence-electron chi connectivity index (χ0n) is 12.1. The van der Waals surface area contributed by atoms with Gasteiger partial charge >= 0.3 is 0 Å². The molecular formula is C16H14ClF2N3O. The molecule has 4 nitrogen and oxygen atoms in total. The zero-order chi connectivity index (χ0) is 16.4. The number of rotatable bonds is 3. The maximum absolute atomic E-state index is 13.8. The van der Waals surface area contributed by atoms with Gasteiger partial charge in [0.15, 0.2) is 0 Å². The Morgan fingerprint density at radius 3 is 2.91 bits per heavy atom. The number of carbonyl (C=O) groups is 1. The minimum absolute atomic E-state index is 0.136. The van der Waals surface area contributed by atoms with Gasteiger partial charge in [-0.25, -0.2) is 13.8 Å². The van der Waals surface area contributed by atoms with E-state index in [1.54, 1.807) is 17.0 Å². The molecule has 1 atom stereocenters. The van der Waals surface area contributed by atoms with E-state index in [4.69, 9.17) is 11.6 Å². The zero-order valence-corrected chi connectivity index (χ0v) is 12.9. The van der Waals surface area contributed by atoms with E-state index in [-0.39, 0.29) is 17.1 Å². The second-order valence-corrected chi connectivity index (χ2v) is 5.70. The molecule has 0 saturated carbocycles. The number of anilines is 1. The third-order valence-corrected chi connectivity index (χ3v) is 4.08. The first-order chi connectivity index (χ1) is 11.0. The van der Waals surface area contributed by atoms with Gasteiger partial charge in [0.2, 0.25) is 0 Å². The van der Waals surface area contributed by atoms with Crippen molar-refractivity contribution < 1.29 is 13.6 Å². The van der Waals surface area contributed by atoms with E-state index in [1.165, 1.54) is 18.3 Å². The predicted molar refractivity (Wildman–Crippen MR) is 83.7 cm³/mol. The highest BCUT2D eigenvalue weighted by atomic mass is 35.5. The monoisotopic (exact) mass is 337 g/mol. The number of aromatic nitrogens is 1. The van der Waals surface area contributed by atoms with Crippen LogP contribution in [0, 0.1) is 11.6 Å². The maximum Gasteiger partial charge on any atom is 0.254 e. The van der Waals surface area contributed by atoms with Crippen LogP contribution < -0.4 is 10.2 Å². The molecule has 0 spiro atoms. The number of hydrogen-bond donors (Lipinski definition) is 1. The summed E-state index contributed by atoms with van der Waals surface area (Å²) in [6, 6.07) is 6.58. The SMILES string of the molecule is O=C(NC1CCN(c2ccc(F)cc2F)C1)c1cccnc1Cl. The van der Waals surface area contributed by atoms with Gasteiger partial charge in [-0.3, -0.25) is 4.79 Å². The third kappa shape index (κ3) is 3.42. The molecule has 7 heteroatoms. The van der Waals surface area contributed by atoms with E-state index < -0.39 is 11.6 Å². The summed E-state index contributed by atoms with van der Waals surface area (Å²) in [7, 11) is 0. The Labute approximate surface area is 137 Å². The lowest BCUT2D eigenvalue weighted by molar-refractivity contribution is 0.0940. The summed E-state index contributed by atoms with van der Waals surface area (Å²) in [5.74, 6) is -1.52. The quantitative estimate of drug-likeness (QED) is 0.876. The molecule has 0 radical (unpaired) electrons. The normalized spacial score (nSPS) is 17.3. The summed E-state index contributed by atoms with van der Waals surface area (Å²) in [6.45, 7) is 1.03. The molecule has 1 aromatic heterocycles. The Morgan fingerprint density at radius 2 is 2.17 bits per heavy atom. The largest absolute Gasteiger partial charge is 0.367 e. The van der Waals surface area contributed by atoms with Crippen LogP contribution in [0.2, 0.25) is 5.15 Å². The summed E-state index contributed by atoms with van der Waals surface area (Å²) >= 11 is 5.90. The van der Waals surface area contributed by atoms with Gasteiger partial charge in [0, 0.05) is 31.4 Å². The first kappa shape index (κ1) is 15.7. The highest BCUT2D eigenvalue weighted by Crippen LogP contribution is 2.24. The number of halogens is 3. The smallest absolute Gasteiger partial charge is 0.254 e. The third-order valence-electron chi connectivity index (χ3n) is 3.78. The van der Waals surface area contributed by atoms with Crippen LogP contribution in [0.5, 0.6) is 0 Å². The Morgan fingerprint density at radius 1 is 1.35 bits per heavy atom. The van der Waals surface area contributed by atoms with Crippen molar-refractivity contribution in [3.8, 4) is 0 Å². The van der Waals surface area contributed by atoms with Gasteiger partial charge in [-0.1, -0.05) is 11.6 Å². The Kier molecular flexibility index (Phi) is 4.43. The average Bonchev–Trinajstić information content (AvgIpc) is 2.95. The molecule has 2 aromatic rings. The summed E-state index contributed by atoms with van der Waals surface area (Å²) in [4.78, 5) is 17.8. The molecule has 1 N–H and O–H groups in total. The number of pyridine rings is 1. The van der Waals surface area contributed by atoms with Gasteiger partial charge in [-0.05, 0) is 30.7 Å². The van der Waals surface area contributed by atoms with Crippen LogP contribution in [0.4, 0.5) is 14.5 Å². The van der Waals surface area contributed by atoms with E-state index in [9.17, 15) is 13.6 Å². The summed E-state index contributed by atoms with van der Waals surface area (Å²) in [6.07, 6.45) is 2.17. The van der Waals surface area contributed by atoms with Crippen molar-refractivity contribution >= 4 is 23.2 Å². The van der Waals surface area contributed by atoms with Crippen LogP contribution >= 0.6 is 11.6 Å². The summed E-state index contributed by atoms with van der Waals surface area (Å²) < 4.78 is 26.8. The number of nitrogens with zero attached hydrogens (tertiary/aromatic N) is 2. The first-order valence-electron chi connectivity index (χ1n) is 7.16. The molecule has 1 aliphatic heterocycles. The molecule has 1 unspecified atom stereocenters. The predicted octanol–water partition coefficient (Wildman–Crippen LogP) is 3.02. The minimum atomic E-state index is -0.610. The molecule has 0 aliphatic carbocycles. The van der Waals surface area contributed by atoms with E-state index >= 15 is 0 Å². The lowest BCUT2D eigenvalue weighted by Gasteiger charge is -2.19. The molecule has 1 saturated heterocycles. The number of hydrogen-bond acceptors (Lipinski definition) is 3. The van der Waals surface area contributed by atoms with Crippen LogP contribution in [-0.2, 0) is 0 Å². The highest BCUT2D eigenvalue weighted by molar-refractivity contribution is 6.32. The molecule has 120 valence electrons. The van der Waals surface area contributed by atoms with Gasteiger partial charge in [0.1, 0.15) is 16.8 Å². The molecule has 1 aromatic carbocycles. The van der Waals surface area contributed by atoms with E-state index in [0.29, 0.717) is 30.8 Å². The standard InChI is InChI=1S/C16H14ClF2N3O/c17-15-12(2-1-6-20-15)16(23)21-11-5-7-22(9-11)14-4-3-10(18)8-13(14)19/h1-4,6,8,11H,5,7,9H2,(H,21,23). The fourth-order valence-corrected chi connectivity index (χ4v) is 2.86. The molecule has 3 rings (SSSR count). The van der Waals surface area contributed by atoms with Gasteiger partial charge in [-0.2, -0.15) is 0 Å². The molecule has 0 bridgehead atoms. The fraction of sp³-hybridized carbons (Fsp3) is 0.250. The van der Waals surface area contributed by atoms with Gasteiger partial charge in [-0.15, -0.1) is 0 Å². The minimum Gasteiger partial charge on any atom is -0.367 e. The first-order valence-corrected chi connectivity index (χ1v) is 7.54. The lowest BCUT2D eigenvalue weighted by Crippen LogP contribution is -2.37. The van der Waals surface area contributed by atoms with Gasteiger partial charge in [0.05, 0.1) is 11.3 Å². The van der Waals surface area contributed by atoms with Crippen LogP contribution in [0.3, 0.4) is 0 Å². The van der Waals surface area contributed by atoms with Gasteiger partial charge in [0.25, 0.3) is 5.91 Å². The number of amides is 1. The Hall–Kier alpha value is -2.21. The lowest BCUT2D eigenvalue weighted by atomic mass is 10.2. The van der Waals surface area contributed by atoms with E-state index in [1.807, 2.05) is 0 Å². The second kappa shape index (κ2) is 6.50. The Balaban J connectivity index is 1.66. The summed E-state index contributed by atoms with van der Waals surface area (Å²) in [5, 5.41) is 3.01. The number of nitrogens with one attached hydrogen (secondary N) is 1. The Bertz CT molecular complexity index is 741. The number of carbonyl (C=O) groups excluding carboxylic acids is 1. The molecule has 1 amide bonds. The van der Waals surface area contributed by atoms with Crippen molar-refractivity contribution in [3.63, 3.8) is 0 Å². The van der Waals surface area contributed by atoms with Crippen molar-refractivity contribution in [2.45, 2.75) is 12.5 Å². The van der Waals surface area contributed by atoms with Crippen LogP contribution in [0.1, 0.15) is 16.8 Å². The fourth-order valence-electron chi connectivity index (χ4n) is 2.65. The molecule has 1 aliphatic rings. The van der Waals surface area contributed by atoms with Crippen molar-refractivity contribution in [2.24, 2.45) is 0 Å². The second-order valence-electron chi connectivity index (χ2n) is 5.34. The molecule has 2 heterocycles. The van der Waals surface area contributed by atoms with Crippen molar-refractivity contribution in [1.29, 1.82) is 0 Å². The molecule has 1 fully saturated rings. The van der Waals surface area contributed by atoms with Crippen molar-refractivity contribution in [2.75, 3.05) is 18.0 Å². The van der Waals surface area contributed by atoms with Crippen LogP contribution in [0.25, 0.3) is 0 Å². The van der Waals surface area contributed by atoms with E-state index in [0.717, 1.165) is 6.07 Å². The van der Waals surface area contributed by atoms with Crippen molar-refractivity contribution in [3.05, 3.63) is 58.9 Å². The summed E-state index contributed by atoms with van der Waals surface area (Å²) in [5.41, 5.74) is 0.642.